The summed E-state index contributed by atoms with van der Waals surface area (Å²) in [7, 11) is 0. The first kappa shape index (κ1) is 24.3. The molecule has 4 aliphatic rings. The van der Waals surface area contributed by atoms with Crippen LogP contribution in [0.15, 0.2) is 35.9 Å². The number of carbonyl (C=O) groups is 2. The molecule has 0 radical (unpaired) electrons. The fraction of sp³-hybridized carbons (Fsp3) is 0.643. The van der Waals surface area contributed by atoms with Crippen LogP contribution < -0.4 is 10.1 Å². The summed E-state index contributed by atoms with van der Waals surface area (Å²) < 4.78 is 6.23. The molecule has 5 rings (SSSR count). The second-order valence-corrected chi connectivity index (χ2v) is 10.6. The number of aliphatic hydroxyl groups is 2. The lowest BCUT2D eigenvalue weighted by Gasteiger charge is -2.45. The van der Waals surface area contributed by atoms with Gasteiger partial charge < -0.3 is 25.2 Å². The van der Waals surface area contributed by atoms with Gasteiger partial charge in [0.05, 0.1) is 18.6 Å². The van der Waals surface area contributed by atoms with Gasteiger partial charge in [-0.15, -0.1) is 0 Å². The van der Waals surface area contributed by atoms with Gasteiger partial charge in [-0.1, -0.05) is 50.3 Å². The van der Waals surface area contributed by atoms with Crippen LogP contribution >= 0.6 is 0 Å². The molecule has 7 heteroatoms. The zero-order chi connectivity index (χ0) is 24.4. The summed E-state index contributed by atoms with van der Waals surface area (Å²) in [6, 6.07) is 7.04. The predicted octanol–water partition coefficient (Wildman–Crippen LogP) is 3.05. The van der Waals surface area contributed by atoms with Gasteiger partial charge in [0.2, 0.25) is 11.8 Å². The fourth-order valence-electron chi connectivity index (χ4n) is 6.70. The number of fused-ring (bicyclic) bond motifs is 3. The molecule has 1 aromatic carbocycles. The van der Waals surface area contributed by atoms with Gasteiger partial charge in [0.25, 0.3) is 0 Å². The lowest BCUT2D eigenvalue weighted by Crippen LogP contribution is -2.58. The van der Waals surface area contributed by atoms with Gasteiger partial charge in [0.15, 0.2) is 0 Å². The molecule has 3 aliphatic carbocycles. The molecule has 2 saturated carbocycles. The molecular weight excluding hydrogens is 444 g/mol. The van der Waals surface area contributed by atoms with Gasteiger partial charge >= 0.3 is 0 Å². The molecule has 0 saturated heterocycles. The van der Waals surface area contributed by atoms with Crippen LogP contribution in [0.25, 0.3) is 0 Å². The number of carbonyl (C=O) groups excluding carboxylic acids is 2. The van der Waals surface area contributed by atoms with Crippen LogP contribution in [0, 0.1) is 5.92 Å². The van der Waals surface area contributed by atoms with Crippen LogP contribution in [-0.2, 0) is 9.59 Å². The van der Waals surface area contributed by atoms with Gasteiger partial charge in [0, 0.05) is 30.1 Å². The minimum atomic E-state index is -0.934. The molecule has 1 aromatic rings. The monoisotopic (exact) mass is 482 g/mol. The van der Waals surface area contributed by atoms with Crippen molar-refractivity contribution in [3.8, 4) is 5.75 Å². The first-order valence-corrected chi connectivity index (χ1v) is 13.4. The molecule has 190 valence electrons. The van der Waals surface area contributed by atoms with Gasteiger partial charge in [-0.05, 0) is 43.7 Å². The third-order valence-electron chi connectivity index (χ3n) is 8.39. The van der Waals surface area contributed by atoms with Crippen LogP contribution in [0.1, 0.15) is 75.7 Å². The average molecular weight is 483 g/mol. The SMILES string of the molecule is O=C(NCCO)C1=C[C@@H](N(C(=O)CC2CCCC2)C2CCCCC2)[C@H](O)[C@H]2Oc3ccccc3[C@@H]12. The zero-order valence-corrected chi connectivity index (χ0v) is 20.4. The van der Waals surface area contributed by atoms with Crippen molar-refractivity contribution < 1.29 is 24.5 Å². The van der Waals surface area contributed by atoms with E-state index in [0.717, 1.165) is 44.1 Å². The molecule has 1 heterocycles. The highest BCUT2D eigenvalue weighted by Crippen LogP contribution is 2.47. The van der Waals surface area contributed by atoms with Crippen molar-refractivity contribution in [2.75, 3.05) is 13.2 Å². The number of para-hydroxylation sites is 1. The molecule has 1 aliphatic heterocycles. The lowest BCUT2D eigenvalue weighted by atomic mass is 9.76. The fourth-order valence-corrected chi connectivity index (χ4v) is 6.70. The van der Waals surface area contributed by atoms with Gasteiger partial charge in [0.1, 0.15) is 18.0 Å². The van der Waals surface area contributed by atoms with Crippen LogP contribution in [0.4, 0.5) is 0 Å². The van der Waals surface area contributed by atoms with E-state index in [0.29, 0.717) is 23.7 Å². The van der Waals surface area contributed by atoms with Crippen molar-refractivity contribution in [3.05, 3.63) is 41.5 Å². The Bertz CT molecular complexity index is 950. The highest BCUT2D eigenvalue weighted by Gasteiger charge is 2.51. The molecule has 0 unspecified atom stereocenters. The molecule has 0 aromatic heterocycles. The van der Waals surface area contributed by atoms with Crippen molar-refractivity contribution in [1.82, 2.24) is 10.2 Å². The summed E-state index contributed by atoms with van der Waals surface area (Å²) in [6.45, 7) is -0.00341. The van der Waals surface area contributed by atoms with E-state index in [1.807, 2.05) is 35.2 Å². The smallest absolute Gasteiger partial charge is 0.247 e. The molecule has 0 spiro atoms. The van der Waals surface area contributed by atoms with Crippen LogP contribution in [-0.4, -0.2) is 64.4 Å². The summed E-state index contributed by atoms with van der Waals surface area (Å²) in [5.74, 6) is 0.482. The number of hydrogen-bond acceptors (Lipinski definition) is 5. The third-order valence-corrected chi connectivity index (χ3v) is 8.39. The van der Waals surface area contributed by atoms with E-state index in [-0.39, 0.29) is 31.0 Å². The van der Waals surface area contributed by atoms with Crippen molar-refractivity contribution in [3.63, 3.8) is 0 Å². The molecule has 0 bridgehead atoms. The number of rotatable bonds is 7. The van der Waals surface area contributed by atoms with E-state index >= 15 is 0 Å². The van der Waals surface area contributed by atoms with Crippen LogP contribution in [0.2, 0.25) is 0 Å². The summed E-state index contributed by atoms with van der Waals surface area (Å²) in [6.07, 6.45) is 10.5. The first-order valence-electron chi connectivity index (χ1n) is 13.4. The Morgan fingerprint density at radius 1 is 1.03 bits per heavy atom. The van der Waals surface area contributed by atoms with Gasteiger partial charge in [-0.3, -0.25) is 9.59 Å². The summed E-state index contributed by atoms with van der Waals surface area (Å²) in [5, 5.41) is 23.7. The Balaban J connectivity index is 1.51. The Hall–Kier alpha value is -2.38. The van der Waals surface area contributed by atoms with E-state index in [1.165, 1.54) is 19.3 Å². The number of nitrogens with one attached hydrogen (secondary N) is 1. The van der Waals surface area contributed by atoms with E-state index in [1.54, 1.807) is 0 Å². The molecule has 35 heavy (non-hydrogen) atoms. The quantitative estimate of drug-likeness (QED) is 0.555. The number of ether oxygens (including phenoxy) is 1. The highest BCUT2D eigenvalue weighted by atomic mass is 16.5. The van der Waals surface area contributed by atoms with Crippen LogP contribution in [0.5, 0.6) is 5.75 Å². The average Bonchev–Trinajstić information content (AvgIpc) is 3.53. The molecule has 2 amide bonds. The van der Waals surface area contributed by atoms with E-state index in [9.17, 15) is 19.8 Å². The highest BCUT2D eigenvalue weighted by molar-refractivity contribution is 5.96. The summed E-state index contributed by atoms with van der Waals surface area (Å²) in [5.41, 5.74) is 1.39. The summed E-state index contributed by atoms with van der Waals surface area (Å²) >= 11 is 0. The number of amides is 2. The molecule has 7 nitrogen and oxygen atoms in total. The van der Waals surface area contributed by atoms with Gasteiger partial charge in [-0.2, -0.15) is 0 Å². The molecule has 2 fully saturated rings. The Morgan fingerprint density at radius 3 is 2.49 bits per heavy atom. The number of aliphatic hydroxyl groups excluding tert-OH is 2. The Labute approximate surface area is 207 Å². The Kier molecular flexibility index (Phi) is 7.44. The maximum absolute atomic E-state index is 13.8. The first-order chi connectivity index (χ1) is 17.1. The lowest BCUT2D eigenvalue weighted by molar-refractivity contribution is -0.142. The van der Waals surface area contributed by atoms with Crippen molar-refractivity contribution in [2.45, 2.75) is 94.4 Å². The largest absolute Gasteiger partial charge is 0.486 e. The Morgan fingerprint density at radius 2 is 1.74 bits per heavy atom. The maximum Gasteiger partial charge on any atom is 0.247 e. The number of nitrogens with zero attached hydrogens (tertiary/aromatic N) is 1. The predicted molar refractivity (Wildman–Crippen MR) is 132 cm³/mol. The minimum absolute atomic E-state index is 0.0654. The zero-order valence-electron chi connectivity index (χ0n) is 20.4. The third kappa shape index (κ3) is 4.85. The van der Waals surface area contributed by atoms with E-state index in [4.69, 9.17) is 4.74 Å². The van der Waals surface area contributed by atoms with Gasteiger partial charge in [-0.25, -0.2) is 0 Å². The van der Waals surface area contributed by atoms with Crippen molar-refractivity contribution in [2.24, 2.45) is 5.92 Å². The summed E-state index contributed by atoms with van der Waals surface area (Å²) in [4.78, 5) is 29.0. The van der Waals surface area contributed by atoms with E-state index < -0.39 is 24.2 Å². The maximum atomic E-state index is 13.8. The topological polar surface area (TPSA) is 99.1 Å². The standard InChI is InChI=1S/C28H38N2O5/c31-15-14-29-28(34)21-17-22(26(33)27-25(21)20-12-6-7-13-23(20)35-27)30(19-10-2-1-3-11-19)24(32)16-18-8-4-5-9-18/h6-7,12-13,17-19,22,25-27,31,33H,1-5,8-11,14-16H2,(H,29,34)/t22-,25+,26+,27+/m1/s1. The number of benzene rings is 1. The molecular formula is C28H38N2O5. The normalized spacial score (nSPS) is 28.6. The molecule has 4 atom stereocenters. The second kappa shape index (κ2) is 10.7. The minimum Gasteiger partial charge on any atom is -0.486 e. The molecule has 3 N–H and O–H groups in total. The van der Waals surface area contributed by atoms with Crippen LogP contribution in [0.3, 0.4) is 0 Å². The second-order valence-electron chi connectivity index (χ2n) is 10.6. The van der Waals surface area contributed by atoms with Crippen molar-refractivity contribution in [1.29, 1.82) is 0 Å². The van der Waals surface area contributed by atoms with E-state index in [2.05, 4.69) is 5.32 Å². The number of hydrogen-bond donors (Lipinski definition) is 3. The van der Waals surface area contributed by atoms with Crippen molar-refractivity contribution >= 4 is 11.8 Å².